The first-order chi connectivity index (χ1) is 14.2. The van der Waals surface area contributed by atoms with E-state index in [-0.39, 0.29) is 24.1 Å². The molecule has 1 unspecified atom stereocenters. The number of aromatic nitrogens is 1. The fraction of sp³-hybridized carbons (Fsp3) is 0.429. The van der Waals surface area contributed by atoms with E-state index in [1.54, 1.807) is 26.0 Å². The van der Waals surface area contributed by atoms with Gasteiger partial charge < -0.3 is 15.8 Å². The molecule has 2 amide bonds. The third-order valence-corrected chi connectivity index (χ3v) is 6.59. The van der Waals surface area contributed by atoms with E-state index >= 15 is 0 Å². The molecular formula is C21H23N5O3S. The summed E-state index contributed by atoms with van der Waals surface area (Å²) >= 11 is 1.45. The Kier molecular flexibility index (Phi) is 4.90. The molecule has 0 radical (unpaired) electrons. The molecule has 2 aromatic heterocycles. The number of ether oxygens (including phenoxy) is 1. The van der Waals surface area contributed by atoms with Crippen LogP contribution in [-0.4, -0.2) is 28.9 Å². The minimum atomic E-state index is -1.14. The smallest absolute Gasteiger partial charge is 0.272 e. The molecule has 1 aliphatic heterocycles. The topological polar surface area (TPSA) is 121 Å². The molecule has 3 N–H and O–H groups in total. The summed E-state index contributed by atoms with van der Waals surface area (Å²) in [6, 6.07) is 5.46. The van der Waals surface area contributed by atoms with Crippen molar-refractivity contribution >= 4 is 39.8 Å². The van der Waals surface area contributed by atoms with Crippen molar-refractivity contribution in [2.24, 2.45) is 5.92 Å². The molecule has 1 atom stereocenters. The predicted octanol–water partition coefficient (Wildman–Crippen LogP) is 2.86. The fourth-order valence-corrected chi connectivity index (χ4v) is 5.25. The molecule has 2 aliphatic rings. The van der Waals surface area contributed by atoms with Gasteiger partial charge in [0.1, 0.15) is 23.4 Å². The Hall–Kier alpha value is -3.12. The van der Waals surface area contributed by atoms with Crippen molar-refractivity contribution in [3.05, 3.63) is 28.1 Å². The van der Waals surface area contributed by atoms with Gasteiger partial charge in [0.05, 0.1) is 5.56 Å². The number of fused-ring (bicyclic) bond motifs is 2. The predicted molar refractivity (Wildman–Crippen MR) is 115 cm³/mol. The average Bonchev–Trinajstić information content (AvgIpc) is 3.01. The van der Waals surface area contributed by atoms with E-state index in [9.17, 15) is 14.9 Å². The van der Waals surface area contributed by atoms with Gasteiger partial charge in [0, 0.05) is 4.88 Å². The molecule has 1 aliphatic carbocycles. The second kappa shape index (κ2) is 7.29. The summed E-state index contributed by atoms with van der Waals surface area (Å²) in [6.45, 7) is 5.22. The van der Waals surface area contributed by atoms with E-state index in [1.807, 2.05) is 0 Å². The molecule has 0 spiro atoms. The number of nitrogens with zero attached hydrogens (tertiary/aromatic N) is 3. The van der Waals surface area contributed by atoms with Crippen molar-refractivity contribution in [3.8, 4) is 11.8 Å². The zero-order valence-electron chi connectivity index (χ0n) is 17.1. The lowest BCUT2D eigenvalue weighted by atomic mass is 9.89. The fourth-order valence-electron chi connectivity index (χ4n) is 3.88. The van der Waals surface area contributed by atoms with Gasteiger partial charge in [0.2, 0.25) is 5.91 Å². The third-order valence-electron chi connectivity index (χ3n) is 5.42. The van der Waals surface area contributed by atoms with Crippen LogP contribution >= 0.6 is 11.3 Å². The van der Waals surface area contributed by atoms with E-state index < -0.39 is 11.5 Å². The molecule has 0 saturated heterocycles. The monoisotopic (exact) mass is 425 g/mol. The van der Waals surface area contributed by atoms with Crippen molar-refractivity contribution in [3.63, 3.8) is 0 Å². The number of thiophene rings is 1. The zero-order valence-corrected chi connectivity index (χ0v) is 17.9. The quantitative estimate of drug-likeness (QED) is 0.780. The highest BCUT2D eigenvalue weighted by Crippen LogP contribution is 2.40. The maximum atomic E-state index is 12.9. The summed E-state index contributed by atoms with van der Waals surface area (Å²) in [4.78, 5) is 32.4. The Labute approximate surface area is 178 Å². The highest BCUT2D eigenvalue weighted by molar-refractivity contribution is 7.16. The van der Waals surface area contributed by atoms with Crippen LogP contribution in [0.5, 0.6) is 5.75 Å². The van der Waals surface area contributed by atoms with Crippen LogP contribution in [-0.2, 0) is 22.4 Å². The van der Waals surface area contributed by atoms with E-state index in [0.29, 0.717) is 22.2 Å². The van der Waals surface area contributed by atoms with Gasteiger partial charge in [-0.05, 0) is 56.7 Å². The Morgan fingerprint density at radius 3 is 3.00 bits per heavy atom. The third kappa shape index (κ3) is 3.48. The second-order valence-electron chi connectivity index (χ2n) is 8.28. The van der Waals surface area contributed by atoms with Gasteiger partial charge in [-0.2, -0.15) is 5.26 Å². The van der Waals surface area contributed by atoms with Crippen LogP contribution in [0.25, 0.3) is 0 Å². The summed E-state index contributed by atoms with van der Waals surface area (Å²) in [5, 5.41) is 13.0. The molecule has 0 bridgehead atoms. The average molecular weight is 426 g/mol. The van der Waals surface area contributed by atoms with Crippen molar-refractivity contribution in [2.75, 3.05) is 22.5 Å². The molecule has 0 aromatic carbocycles. The molecular weight excluding hydrogens is 402 g/mol. The number of nitrogens with one attached hydrogen (secondary N) is 1. The normalized spacial score (nSPS) is 19.3. The molecule has 8 nitrogen and oxygen atoms in total. The first-order valence-electron chi connectivity index (χ1n) is 9.81. The number of nitrogens with two attached hydrogens (primary N) is 1. The molecule has 156 valence electrons. The van der Waals surface area contributed by atoms with Crippen LogP contribution in [0.1, 0.15) is 43.2 Å². The van der Waals surface area contributed by atoms with Gasteiger partial charge in [-0.1, -0.05) is 6.92 Å². The summed E-state index contributed by atoms with van der Waals surface area (Å²) in [6.07, 6.45) is 2.79. The van der Waals surface area contributed by atoms with Crippen molar-refractivity contribution in [2.45, 2.75) is 45.6 Å². The second-order valence-corrected chi connectivity index (χ2v) is 9.38. The number of anilines is 3. The number of pyridine rings is 1. The molecule has 30 heavy (non-hydrogen) atoms. The van der Waals surface area contributed by atoms with Gasteiger partial charge in [-0.15, -0.1) is 11.3 Å². The maximum absolute atomic E-state index is 12.9. The van der Waals surface area contributed by atoms with Gasteiger partial charge in [-0.3, -0.25) is 14.5 Å². The molecule has 9 heteroatoms. The minimum absolute atomic E-state index is 0.217. The number of hydrogen-bond acceptors (Lipinski definition) is 7. The van der Waals surface area contributed by atoms with E-state index in [0.717, 1.165) is 29.7 Å². The van der Waals surface area contributed by atoms with Crippen molar-refractivity contribution < 1.29 is 14.3 Å². The zero-order chi connectivity index (χ0) is 21.6. The number of nitriles is 1. The Bertz CT molecular complexity index is 1090. The van der Waals surface area contributed by atoms with Crippen molar-refractivity contribution in [1.82, 2.24) is 4.98 Å². The number of carbonyl (C=O) groups excluding carboxylic acids is 2. The van der Waals surface area contributed by atoms with Crippen LogP contribution in [0.2, 0.25) is 0 Å². The van der Waals surface area contributed by atoms with Crippen LogP contribution in [0.4, 0.5) is 16.6 Å². The van der Waals surface area contributed by atoms with E-state index in [4.69, 9.17) is 10.5 Å². The summed E-state index contributed by atoms with van der Waals surface area (Å²) < 4.78 is 5.74. The van der Waals surface area contributed by atoms with Crippen molar-refractivity contribution in [1.29, 1.82) is 5.26 Å². The SMILES string of the molecule is CC1CCc2c(sc(NC(=O)CN3C(=O)C(C)(C)Oc4ccc(N)nc43)c2C#N)C1. The number of rotatable bonds is 3. The van der Waals surface area contributed by atoms with Crippen LogP contribution in [0.3, 0.4) is 0 Å². The molecule has 4 rings (SSSR count). The largest absolute Gasteiger partial charge is 0.474 e. The number of carbonyl (C=O) groups is 2. The number of amides is 2. The van der Waals surface area contributed by atoms with E-state index in [2.05, 4.69) is 23.3 Å². The van der Waals surface area contributed by atoms with E-state index in [1.165, 1.54) is 16.2 Å². The first kappa shape index (κ1) is 20.2. The lowest BCUT2D eigenvalue weighted by Gasteiger charge is -2.37. The van der Waals surface area contributed by atoms with Gasteiger partial charge in [0.15, 0.2) is 17.2 Å². The van der Waals surface area contributed by atoms with Gasteiger partial charge in [-0.25, -0.2) is 4.98 Å². The number of nitrogen functional groups attached to an aromatic ring is 1. The highest BCUT2D eigenvalue weighted by Gasteiger charge is 2.42. The molecule has 2 aromatic rings. The Morgan fingerprint density at radius 1 is 1.50 bits per heavy atom. The molecule has 0 fully saturated rings. The van der Waals surface area contributed by atoms with Crippen LogP contribution in [0, 0.1) is 17.2 Å². The molecule has 0 saturated carbocycles. The first-order valence-corrected chi connectivity index (χ1v) is 10.6. The van der Waals surface area contributed by atoms with Crippen LogP contribution in [0.15, 0.2) is 12.1 Å². The standard InChI is InChI=1S/C21H23N5O3S/c1-11-4-5-12-13(9-22)19(30-15(12)8-11)25-17(27)10-26-18-14(6-7-16(23)24-18)29-21(2,3)20(26)28/h6-7,11H,4-5,8,10H2,1-3H3,(H2,23,24)(H,25,27). The molecule has 3 heterocycles. The Balaban J connectivity index is 1.60. The Morgan fingerprint density at radius 2 is 2.27 bits per heavy atom. The van der Waals surface area contributed by atoms with Gasteiger partial charge in [0.25, 0.3) is 5.91 Å². The number of hydrogen-bond donors (Lipinski definition) is 2. The lowest BCUT2D eigenvalue weighted by Crippen LogP contribution is -2.54. The lowest BCUT2D eigenvalue weighted by molar-refractivity contribution is -0.133. The van der Waals surface area contributed by atoms with Gasteiger partial charge >= 0.3 is 0 Å². The summed E-state index contributed by atoms with van der Waals surface area (Å²) in [7, 11) is 0. The summed E-state index contributed by atoms with van der Waals surface area (Å²) in [5.74, 6) is 0.603. The van der Waals surface area contributed by atoms with Crippen LogP contribution < -0.4 is 20.7 Å². The maximum Gasteiger partial charge on any atom is 0.272 e. The summed E-state index contributed by atoms with van der Waals surface area (Å²) in [5.41, 5.74) is 6.21. The highest BCUT2D eigenvalue weighted by atomic mass is 32.1. The minimum Gasteiger partial charge on any atom is -0.474 e.